The van der Waals surface area contributed by atoms with Gasteiger partial charge in [0, 0.05) is 37.7 Å². The SMILES string of the molecule is Cn1nc(-c2ccccc2)c(C#N)c1C(=O)N1C[C@@H](N)[C@H](c2ccc(F)cc2)C1. The van der Waals surface area contributed by atoms with Gasteiger partial charge >= 0.3 is 0 Å². The van der Waals surface area contributed by atoms with E-state index in [1.54, 1.807) is 24.1 Å². The first-order valence-electron chi connectivity index (χ1n) is 9.32. The minimum atomic E-state index is -0.310. The minimum absolute atomic E-state index is 0.0908. The molecule has 0 aliphatic carbocycles. The lowest BCUT2D eigenvalue weighted by molar-refractivity contribution is 0.0778. The molecule has 2 atom stereocenters. The van der Waals surface area contributed by atoms with Crippen molar-refractivity contribution in [2.24, 2.45) is 12.8 Å². The number of carbonyl (C=O) groups excluding carboxylic acids is 1. The first-order valence-corrected chi connectivity index (χ1v) is 9.32. The van der Waals surface area contributed by atoms with Crippen LogP contribution in [0.2, 0.25) is 0 Å². The van der Waals surface area contributed by atoms with Crippen LogP contribution < -0.4 is 5.73 Å². The van der Waals surface area contributed by atoms with Crippen molar-refractivity contribution in [3.8, 4) is 17.3 Å². The highest BCUT2D eigenvalue weighted by molar-refractivity contribution is 5.97. The monoisotopic (exact) mass is 389 g/mol. The van der Waals surface area contributed by atoms with E-state index in [1.807, 2.05) is 30.3 Å². The Kier molecular flexibility index (Phi) is 4.87. The number of likely N-dealkylation sites (tertiary alicyclic amines) is 1. The summed E-state index contributed by atoms with van der Waals surface area (Å²) in [6, 6.07) is 17.4. The fourth-order valence-electron chi connectivity index (χ4n) is 3.88. The maximum Gasteiger partial charge on any atom is 0.273 e. The number of amides is 1. The van der Waals surface area contributed by atoms with Gasteiger partial charge in [-0.25, -0.2) is 4.39 Å². The van der Waals surface area contributed by atoms with Crippen LogP contribution in [-0.4, -0.2) is 39.7 Å². The van der Waals surface area contributed by atoms with Gasteiger partial charge < -0.3 is 10.6 Å². The van der Waals surface area contributed by atoms with Crippen LogP contribution in [0.4, 0.5) is 4.39 Å². The van der Waals surface area contributed by atoms with Gasteiger partial charge in [0.2, 0.25) is 0 Å². The van der Waals surface area contributed by atoms with E-state index in [4.69, 9.17) is 5.73 Å². The van der Waals surface area contributed by atoms with Gasteiger partial charge in [0.25, 0.3) is 5.91 Å². The zero-order valence-electron chi connectivity index (χ0n) is 15.9. The van der Waals surface area contributed by atoms with Crippen LogP contribution in [0, 0.1) is 17.1 Å². The summed E-state index contributed by atoms with van der Waals surface area (Å²) in [5.74, 6) is -0.680. The van der Waals surface area contributed by atoms with E-state index < -0.39 is 0 Å². The topological polar surface area (TPSA) is 87.9 Å². The molecule has 4 rings (SSSR count). The predicted molar refractivity (Wildman–Crippen MR) is 106 cm³/mol. The van der Waals surface area contributed by atoms with Gasteiger partial charge in [-0.2, -0.15) is 10.4 Å². The van der Waals surface area contributed by atoms with Crippen LogP contribution in [0.5, 0.6) is 0 Å². The summed E-state index contributed by atoms with van der Waals surface area (Å²) in [5.41, 5.74) is 8.94. The lowest BCUT2D eigenvalue weighted by Gasteiger charge is -2.16. The fraction of sp³-hybridized carbons (Fsp3) is 0.227. The molecule has 0 saturated carbocycles. The van der Waals surface area contributed by atoms with Gasteiger partial charge in [-0.05, 0) is 17.7 Å². The summed E-state index contributed by atoms with van der Waals surface area (Å²) in [6.45, 7) is 0.764. The number of nitriles is 1. The molecule has 7 heteroatoms. The largest absolute Gasteiger partial charge is 0.335 e. The van der Waals surface area contributed by atoms with Crippen molar-refractivity contribution >= 4 is 5.91 Å². The average molecular weight is 389 g/mol. The Morgan fingerprint density at radius 2 is 1.86 bits per heavy atom. The van der Waals surface area contributed by atoms with E-state index in [1.165, 1.54) is 16.8 Å². The number of aromatic nitrogens is 2. The standard InChI is InChI=1S/C22H20FN5O/c1-27-21(17(11-24)20(26-27)15-5-3-2-4-6-15)22(29)28-12-18(19(25)13-28)14-7-9-16(23)10-8-14/h2-10,18-19H,12-13,25H2,1H3/t18-,19+/m0/s1. The second-order valence-electron chi connectivity index (χ2n) is 7.21. The zero-order chi connectivity index (χ0) is 20.5. The molecule has 3 aromatic rings. The maximum absolute atomic E-state index is 13.3. The van der Waals surface area contributed by atoms with Crippen molar-refractivity contribution in [1.29, 1.82) is 5.26 Å². The summed E-state index contributed by atoms with van der Waals surface area (Å²) in [5, 5.41) is 14.2. The number of aryl methyl sites for hydroxylation is 1. The van der Waals surface area contributed by atoms with E-state index in [0.29, 0.717) is 18.8 Å². The van der Waals surface area contributed by atoms with Gasteiger partial charge in [-0.1, -0.05) is 42.5 Å². The van der Waals surface area contributed by atoms with Crippen molar-refractivity contribution in [1.82, 2.24) is 14.7 Å². The Bertz CT molecular complexity index is 1080. The molecule has 6 nitrogen and oxygen atoms in total. The van der Waals surface area contributed by atoms with Crippen molar-refractivity contribution in [3.63, 3.8) is 0 Å². The molecule has 1 fully saturated rings. The highest BCUT2D eigenvalue weighted by atomic mass is 19.1. The molecule has 1 saturated heterocycles. The average Bonchev–Trinajstić information content (AvgIpc) is 3.28. The number of nitrogens with two attached hydrogens (primary N) is 1. The third kappa shape index (κ3) is 3.39. The van der Waals surface area contributed by atoms with Crippen LogP contribution in [0.3, 0.4) is 0 Å². The molecule has 1 amide bonds. The first-order chi connectivity index (χ1) is 14.0. The molecule has 2 N–H and O–H groups in total. The molecule has 0 unspecified atom stereocenters. The van der Waals surface area contributed by atoms with E-state index in [0.717, 1.165) is 11.1 Å². The van der Waals surface area contributed by atoms with Crippen LogP contribution >= 0.6 is 0 Å². The molecule has 29 heavy (non-hydrogen) atoms. The van der Waals surface area contributed by atoms with E-state index in [9.17, 15) is 14.4 Å². The van der Waals surface area contributed by atoms with Crippen LogP contribution in [-0.2, 0) is 7.05 Å². The summed E-state index contributed by atoms with van der Waals surface area (Å²) in [4.78, 5) is 14.9. The molecule has 2 heterocycles. The summed E-state index contributed by atoms with van der Waals surface area (Å²) < 4.78 is 14.7. The smallest absolute Gasteiger partial charge is 0.273 e. The predicted octanol–water partition coefficient (Wildman–Crippen LogP) is 2.66. The lowest BCUT2D eigenvalue weighted by atomic mass is 9.95. The Morgan fingerprint density at radius 3 is 2.52 bits per heavy atom. The van der Waals surface area contributed by atoms with Gasteiger partial charge in [0.15, 0.2) is 0 Å². The van der Waals surface area contributed by atoms with E-state index in [-0.39, 0.29) is 34.9 Å². The number of nitrogens with zero attached hydrogens (tertiary/aromatic N) is 4. The minimum Gasteiger partial charge on any atom is -0.335 e. The summed E-state index contributed by atoms with van der Waals surface area (Å²) in [7, 11) is 1.66. The summed E-state index contributed by atoms with van der Waals surface area (Å²) >= 11 is 0. The van der Waals surface area contributed by atoms with Crippen molar-refractivity contribution in [2.75, 3.05) is 13.1 Å². The lowest BCUT2D eigenvalue weighted by Crippen LogP contribution is -2.33. The molecule has 1 aliphatic heterocycles. The number of carbonyl (C=O) groups is 1. The Labute approximate surface area is 168 Å². The van der Waals surface area contributed by atoms with Crippen molar-refractivity contribution in [3.05, 3.63) is 77.2 Å². The molecule has 1 aliphatic rings. The second kappa shape index (κ2) is 7.49. The second-order valence-corrected chi connectivity index (χ2v) is 7.21. The number of benzene rings is 2. The summed E-state index contributed by atoms with van der Waals surface area (Å²) in [6.07, 6.45) is 0. The molecule has 0 spiro atoms. The van der Waals surface area contributed by atoms with E-state index in [2.05, 4.69) is 11.2 Å². The van der Waals surface area contributed by atoms with Gasteiger partial charge in [0.05, 0.1) is 0 Å². The maximum atomic E-state index is 13.3. The third-order valence-electron chi connectivity index (χ3n) is 5.36. The molecular formula is C22H20FN5O. The van der Waals surface area contributed by atoms with Crippen LogP contribution in [0.15, 0.2) is 54.6 Å². The van der Waals surface area contributed by atoms with Gasteiger partial charge in [0.1, 0.15) is 28.8 Å². The highest BCUT2D eigenvalue weighted by Gasteiger charge is 2.36. The van der Waals surface area contributed by atoms with Gasteiger partial charge in [-0.15, -0.1) is 0 Å². The molecule has 146 valence electrons. The van der Waals surface area contributed by atoms with Crippen molar-refractivity contribution < 1.29 is 9.18 Å². The number of hydrogen-bond acceptors (Lipinski definition) is 4. The zero-order valence-corrected chi connectivity index (χ0v) is 15.9. The van der Waals surface area contributed by atoms with Gasteiger partial charge in [-0.3, -0.25) is 9.48 Å². The Hall–Kier alpha value is -3.50. The molecular weight excluding hydrogens is 369 g/mol. The molecule has 0 radical (unpaired) electrons. The molecule has 2 aromatic carbocycles. The molecule has 0 bridgehead atoms. The Morgan fingerprint density at radius 1 is 1.17 bits per heavy atom. The number of halogens is 1. The fourth-order valence-corrected chi connectivity index (χ4v) is 3.88. The normalized spacial score (nSPS) is 18.6. The van der Waals surface area contributed by atoms with Crippen LogP contribution in [0.1, 0.15) is 27.5 Å². The molecule has 1 aromatic heterocycles. The highest BCUT2D eigenvalue weighted by Crippen LogP contribution is 2.30. The Balaban J connectivity index is 1.65. The van der Waals surface area contributed by atoms with E-state index >= 15 is 0 Å². The first kappa shape index (κ1) is 18.8. The third-order valence-corrected chi connectivity index (χ3v) is 5.36. The quantitative estimate of drug-likeness (QED) is 0.746. The van der Waals surface area contributed by atoms with Crippen LogP contribution in [0.25, 0.3) is 11.3 Å². The number of hydrogen-bond donors (Lipinski definition) is 1. The number of rotatable bonds is 3. The van der Waals surface area contributed by atoms with Crippen molar-refractivity contribution in [2.45, 2.75) is 12.0 Å².